The molecule has 0 aliphatic heterocycles. The van der Waals surface area contributed by atoms with Crippen LogP contribution in [0.5, 0.6) is 0 Å². The Labute approximate surface area is 140 Å². The van der Waals surface area contributed by atoms with Crippen molar-refractivity contribution in [2.45, 2.75) is 36.2 Å². The molecule has 0 fully saturated rings. The number of rotatable bonds is 5. The van der Waals surface area contributed by atoms with Crippen molar-refractivity contribution < 1.29 is 9.90 Å². The van der Waals surface area contributed by atoms with Gasteiger partial charge in [-0.05, 0) is 56.8 Å². The molecule has 22 heavy (non-hydrogen) atoms. The van der Waals surface area contributed by atoms with Crippen LogP contribution in [0.3, 0.4) is 0 Å². The summed E-state index contributed by atoms with van der Waals surface area (Å²) >= 11 is 2.59. The van der Waals surface area contributed by atoms with Gasteiger partial charge in [0.25, 0.3) is 0 Å². The summed E-state index contributed by atoms with van der Waals surface area (Å²) in [6.07, 6.45) is 0. The van der Waals surface area contributed by atoms with Crippen LogP contribution in [-0.4, -0.2) is 21.6 Å². The molecule has 0 unspecified atom stereocenters. The molecular formula is C18H20O2S2. The van der Waals surface area contributed by atoms with E-state index in [2.05, 4.69) is 0 Å². The molecule has 2 nitrogen and oxygen atoms in total. The predicted octanol–water partition coefficient (Wildman–Crippen LogP) is 4.47. The number of hydrogen-bond donors (Lipinski definition) is 1. The Balaban J connectivity index is 1.95. The van der Waals surface area contributed by atoms with E-state index in [-0.39, 0.29) is 5.12 Å². The first-order valence-electron chi connectivity index (χ1n) is 7.08. The molecule has 4 heteroatoms. The van der Waals surface area contributed by atoms with Crippen LogP contribution in [-0.2, 0) is 4.79 Å². The van der Waals surface area contributed by atoms with Crippen molar-refractivity contribution >= 4 is 28.6 Å². The minimum atomic E-state index is -1.36. The highest BCUT2D eigenvalue weighted by Gasteiger charge is 2.31. The van der Waals surface area contributed by atoms with Gasteiger partial charge >= 0.3 is 0 Å². The van der Waals surface area contributed by atoms with E-state index in [0.29, 0.717) is 5.75 Å². The van der Waals surface area contributed by atoms with Crippen LogP contribution < -0.4 is 0 Å². The Bertz CT molecular complexity index is 631. The van der Waals surface area contributed by atoms with Crippen molar-refractivity contribution in [1.29, 1.82) is 0 Å². The Hall–Kier alpha value is -1.23. The fourth-order valence-corrected chi connectivity index (χ4v) is 3.52. The second-order valence-electron chi connectivity index (χ2n) is 5.58. The predicted molar refractivity (Wildman–Crippen MR) is 94.6 cm³/mol. The summed E-state index contributed by atoms with van der Waals surface area (Å²) < 4.78 is 0. The second-order valence-corrected chi connectivity index (χ2v) is 7.67. The third-order valence-corrected chi connectivity index (χ3v) is 5.66. The summed E-state index contributed by atoms with van der Waals surface area (Å²) in [7, 11) is 0. The van der Waals surface area contributed by atoms with E-state index in [4.69, 9.17) is 0 Å². The average molecular weight is 332 g/mol. The lowest BCUT2D eigenvalue weighted by Gasteiger charge is -2.20. The summed E-state index contributed by atoms with van der Waals surface area (Å²) in [5.41, 5.74) is 0.992. The molecular weight excluding hydrogens is 312 g/mol. The lowest BCUT2D eigenvalue weighted by atomic mass is 10.2. The first kappa shape index (κ1) is 17.1. The van der Waals surface area contributed by atoms with E-state index in [0.717, 1.165) is 27.1 Å². The summed E-state index contributed by atoms with van der Waals surface area (Å²) in [4.78, 5) is 14.2. The molecule has 0 bridgehead atoms. The van der Waals surface area contributed by atoms with Crippen LogP contribution >= 0.6 is 23.5 Å². The summed E-state index contributed by atoms with van der Waals surface area (Å²) in [6.45, 7) is 5.62. The lowest BCUT2D eigenvalue weighted by Crippen LogP contribution is -2.35. The van der Waals surface area contributed by atoms with Gasteiger partial charge in [-0.1, -0.05) is 35.4 Å². The molecule has 0 amide bonds. The maximum Gasteiger partial charge on any atom is 0.225 e. The molecule has 2 rings (SSSR count). The van der Waals surface area contributed by atoms with Gasteiger partial charge < -0.3 is 5.11 Å². The highest BCUT2D eigenvalue weighted by Crippen LogP contribution is 2.29. The Kier molecular flexibility index (Phi) is 5.73. The molecule has 0 aliphatic carbocycles. The first-order chi connectivity index (χ1) is 10.4. The monoisotopic (exact) mass is 332 g/mol. The zero-order chi connectivity index (χ0) is 16.2. The summed E-state index contributed by atoms with van der Waals surface area (Å²) in [5.74, 6) is 0.341. The van der Waals surface area contributed by atoms with Gasteiger partial charge in [-0.15, -0.1) is 11.8 Å². The Morgan fingerprint density at radius 2 is 1.41 bits per heavy atom. The topological polar surface area (TPSA) is 37.3 Å². The van der Waals surface area contributed by atoms with Gasteiger partial charge in [0.1, 0.15) is 5.60 Å². The van der Waals surface area contributed by atoms with Crippen molar-refractivity contribution in [1.82, 2.24) is 0 Å². The fraction of sp³-hybridized carbons (Fsp3) is 0.278. The molecule has 0 aromatic heterocycles. The van der Waals surface area contributed by atoms with E-state index in [1.165, 1.54) is 17.3 Å². The number of aliphatic hydroxyl groups is 1. The van der Waals surface area contributed by atoms with Crippen molar-refractivity contribution in [3.63, 3.8) is 0 Å². The number of carbonyl (C=O) groups is 1. The van der Waals surface area contributed by atoms with E-state index >= 15 is 0 Å². The standard InChI is InChI=1S/C18H20O2S2/c1-13-4-8-15(9-5-13)21-12-18(3,20)17(19)22-16-10-6-14(2)7-11-16/h4-11,20H,12H2,1-3H3/t18-/m1/s1. The molecule has 2 aromatic rings. The van der Waals surface area contributed by atoms with Gasteiger partial charge in [0.2, 0.25) is 5.12 Å². The van der Waals surface area contributed by atoms with Gasteiger partial charge in [-0.3, -0.25) is 4.79 Å². The molecule has 0 spiro atoms. The highest BCUT2D eigenvalue weighted by molar-refractivity contribution is 8.14. The molecule has 1 N–H and O–H groups in total. The smallest absolute Gasteiger partial charge is 0.225 e. The first-order valence-corrected chi connectivity index (χ1v) is 8.88. The fourth-order valence-electron chi connectivity index (χ4n) is 1.74. The van der Waals surface area contributed by atoms with Crippen molar-refractivity contribution in [3.05, 3.63) is 59.7 Å². The molecule has 0 radical (unpaired) electrons. The van der Waals surface area contributed by atoms with Crippen LogP contribution in [0.2, 0.25) is 0 Å². The van der Waals surface area contributed by atoms with Crippen LogP contribution in [0.15, 0.2) is 58.3 Å². The van der Waals surface area contributed by atoms with Crippen LogP contribution in [0.25, 0.3) is 0 Å². The van der Waals surface area contributed by atoms with Crippen molar-refractivity contribution in [2.75, 3.05) is 5.75 Å². The van der Waals surface area contributed by atoms with E-state index < -0.39 is 5.60 Å². The SMILES string of the molecule is Cc1ccc(SC[C@@](C)(O)C(=O)Sc2ccc(C)cc2)cc1. The number of hydrogen-bond acceptors (Lipinski definition) is 4. The van der Waals surface area contributed by atoms with Gasteiger partial charge in [0.05, 0.1) is 0 Å². The van der Waals surface area contributed by atoms with E-state index in [1.807, 2.05) is 62.4 Å². The van der Waals surface area contributed by atoms with Crippen LogP contribution in [0, 0.1) is 13.8 Å². The minimum Gasteiger partial charge on any atom is -0.381 e. The average Bonchev–Trinajstić information content (AvgIpc) is 2.49. The molecule has 0 aliphatic rings. The zero-order valence-electron chi connectivity index (χ0n) is 13.0. The third-order valence-electron chi connectivity index (χ3n) is 3.21. The quantitative estimate of drug-likeness (QED) is 0.820. The zero-order valence-corrected chi connectivity index (χ0v) is 14.6. The van der Waals surface area contributed by atoms with Crippen molar-refractivity contribution in [3.8, 4) is 0 Å². The lowest BCUT2D eigenvalue weighted by molar-refractivity contribution is -0.124. The van der Waals surface area contributed by atoms with Crippen LogP contribution in [0.4, 0.5) is 0 Å². The molecule has 116 valence electrons. The molecule has 0 heterocycles. The molecule has 0 saturated carbocycles. The Morgan fingerprint density at radius 3 is 1.91 bits per heavy atom. The summed E-state index contributed by atoms with van der Waals surface area (Å²) in [5, 5.41) is 10.2. The highest BCUT2D eigenvalue weighted by atomic mass is 32.2. The normalized spacial score (nSPS) is 13.6. The molecule has 1 atom stereocenters. The Morgan fingerprint density at radius 1 is 0.955 bits per heavy atom. The molecule has 0 saturated heterocycles. The van der Waals surface area contributed by atoms with Gasteiger partial charge in [-0.25, -0.2) is 0 Å². The summed E-state index contributed by atoms with van der Waals surface area (Å²) in [6, 6.07) is 15.8. The number of thioether (sulfide) groups is 2. The number of aryl methyl sites for hydroxylation is 2. The number of carbonyl (C=O) groups excluding carboxylic acids is 1. The van der Waals surface area contributed by atoms with Gasteiger partial charge in [-0.2, -0.15) is 0 Å². The maximum atomic E-state index is 12.3. The minimum absolute atomic E-state index is 0.226. The number of benzene rings is 2. The van der Waals surface area contributed by atoms with Crippen molar-refractivity contribution in [2.24, 2.45) is 0 Å². The van der Waals surface area contributed by atoms with Gasteiger partial charge in [0.15, 0.2) is 0 Å². The third kappa shape index (κ3) is 4.90. The largest absolute Gasteiger partial charge is 0.381 e. The van der Waals surface area contributed by atoms with E-state index in [9.17, 15) is 9.90 Å². The molecule has 2 aromatic carbocycles. The second kappa shape index (κ2) is 7.36. The van der Waals surface area contributed by atoms with Gasteiger partial charge in [0, 0.05) is 15.5 Å². The maximum absolute atomic E-state index is 12.3. The van der Waals surface area contributed by atoms with E-state index in [1.54, 1.807) is 6.92 Å². The van der Waals surface area contributed by atoms with Crippen LogP contribution in [0.1, 0.15) is 18.1 Å².